The van der Waals surface area contributed by atoms with E-state index >= 15 is 0 Å². The zero-order chi connectivity index (χ0) is 43.5. The fourth-order valence-corrected chi connectivity index (χ4v) is 6.49. The molecule has 1 rings (SSSR count). The van der Waals surface area contributed by atoms with E-state index in [0.717, 1.165) is 32.0 Å². The number of nitrogens with two attached hydrogens (primary N) is 1. The van der Waals surface area contributed by atoms with Crippen LogP contribution in [0.3, 0.4) is 0 Å². The molecule has 1 aliphatic rings. The summed E-state index contributed by atoms with van der Waals surface area (Å²) < 4.78 is 0. The van der Waals surface area contributed by atoms with Crippen molar-refractivity contribution in [2.45, 2.75) is 141 Å². The van der Waals surface area contributed by atoms with E-state index in [-0.39, 0.29) is 67.9 Å². The quantitative estimate of drug-likeness (QED) is 0.0291. The molecule has 1 aliphatic carbocycles. The molecular weight excluding hydrogens is 736 g/mol. The number of carbonyl (C=O) groups is 7. The minimum atomic E-state index is -1.22. The normalized spacial score (nSPS) is 17.5. The summed E-state index contributed by atoms with van der Waals surface area (Å²) in [6, 6.07) is -3.58. The summed E-state index contributed by atoms with van der Waals surface area (Å²) in [5.74, 6) is -1.82. The molecule has 1 saturated carbocycles. The van der Waals surface area contributed by atoms with Crippen LogP contribution in [0.5, 0.6) is 0 Å². The van der Waals surface area contributed by atoms with E-state index in [0.29, 0.717) is 57.7 Å². The summed E-state index contributed by atoms with van der Waals surface area (Å²) >= 11 is 0. The van der Waals surface area contributed by atoms with Crippen molar-refractivity contribution in [3.05, 3.63) is 0 Å². The van der Waals surface area contributed by atoms with Gasteiger partial charge in [-0.3, -0.25) is 14.4 Å². The number of rotatable bonds is 27. The van der Waals surface area contributed by atoms with E-state index < -0.39 is 47.1 Å². The van der Waals surface area contributed by atoms with Gasteiger partial charge in [0.25, 0.3) is 6.47 Å². The molecule has 1 fully saturated rings. The molecule has 0 aromatic heterocycles. The van der Waals surface area contributed by atoms with Gasteiger partial charge in [0.1, 0.15) is 6.29 Å². The van der Waals surface area contributed by atoms with Crippen molar-refractivity contribution in [2.75, 3.05) is 26.7 Å². The van der Waals surface area contributed by atoms with E-state index in [1.807, 2.05) is 20.8 Å². The first-order valence-corrected chi connectivity index (χ1v) is 19.9. The van der Waals surface area contributed by atoms with Crippen LogP contribution in [0.4, 0.5) is 0 Å². The molecule has 0 aromatic rings. The van der Waals surface area contributed by atoms with Crippen molar-refractivity contribution in [3.8, 4) is 0 Å². The Morgan fingerprint density at radius 2 is 1.30 bits per heavy atom. The van der Waals surface area contributed by atoms with Crippen LogP contribution >= 0.6 is 0 Å². The summed E-state index contributed by atoms with van der Waals surface area (Å²) in [5, 5.41) is 40.5. The number of amides is 5. The maximum absolute atomic E-state index is 13.4. The minimum Gasteiger partial charge on any atom is -0.345 e. The van der Waals surface area contributed by atoms with Gasteiger partial charge in [-0.2, -0.15) is 0 Å². The number of carbonyl (C=O) groups excluding carboxylic acids is 6. The first-order valence-electron chi connectivity index (χ1n) is 19.9. The van der Waals surface area contributed by atoms with Gasteiger partial charge in [-0.1, -0.05) is 6.92 Å². The van der Waals surface area contributed by atoms with Crippen molar-refractivity contribution >= 4 is 68.6 Å². The van der Waals surface area contributed by atoms with Gasteiger partial charge < -0.3 is 14.8 Å². The number of aldehydes is 1. The summed E-state index contributed by atoms with van der Waals surface area (Å²) in [5.41, 5.74) is 4.64. The number of unbranched alkanes of at least 4 members (excludes halogenated alkanes) is 2. The molecular formula is C38H67B2N7O10. The van der Waals surface area contributed by atoms with Crippen LogP contribution in [0, 0.1) is 17.8 Å². The summed E-state index contributed by atoms with van der Waals surface area (Å²) in [7, 11) is 12.7. The van der Waals surface area contributed by atoms with Gasteiger partial charge in [0.15, 0.2) is 0 Å². The van der Waals surface area contributed by atoms with Gasteiger partial charge in [-0.05, 0) is 31.6 Å². The Morgan fingerprint density at radius 3 is 1.84 bits per heavy atom. The second-order valence-electron chi connectivity index (χ2n) is 15.3. The molecule has 5 atom stereocenters. The predicted molar refractivity (Wildman–Crippen MR) is 220 cm³/mol. The number of nitrogens with one attached hydrogen (secondary N) is 5. The molecule has 0 bridgehead atoms. The molecule has 10 N–H and O–H groups in total. The van der Waals surface area contributed by atoms with Crippen LogP contribution < -0.4 is 32.3 Å². The number of carboxylic acid groups (broad SMARTS) is 1. The van der Waals surface area contributed by atoms with E-state index in [2.05, 4.69) is 26.6 Å². The minimum absolute atomic E-state index is 0.0237. The van der Waals surface area contributed by atoms with E-state index in [9.17, 15) is 39.0 Å². The van der Waals surface area contributed by atoms with Crippen molar-refractivity contribution in [3.63, 3.8) is 0 Å². The van der Waals surface area contributed by atoms with E-state index in [4.69, 9.17) is 30.6 Å². The van der Waals surface area contributed by atoms with Gasteiger partial charge in [-0.15, -0.1) is 0 Å². The number of hydrogen-bond donors (Lipinski definition) is 9. The summed E-state index contributed by atoms with van der Waals surface area (Å²) in [4.78, 5) is 85.8. The van der Waals surface area contributed by atoms with Gasteiger partial charge >= 0.3 is 222 Å². The third kappa shape index (κ3) is 24.3. The topological polar surface area (TPSA) is 270 Å². The molecule has 0 saturated heterocycles. The second kappa shape index (κ2) is 30.0. The van der Waals surface area contributed by atoms with Crippen molar-refractivity contribution in [1.82, 2.24) is 31.5 Å². The van der Waals surface area contributed by atoms with Gasteiger partial charge in [0.2, 0.25) is 5.91 Å². The molecule has 320 valence electrons. The Kier molecular flexibility index (Phi) is 27.9. The molecule has 5 unspecified atom stereocenters. The Morgan fingerprint density at radius 1 is 0.772 bits per heavy atom. The zero-order valence-electron chi connectivity index (χ0n) is 34.5. The Balaban J connectivity index is 0.0000101. The van der Waals surface area contributed by atoms with Crippen LogP contribution in [-0.2, 0) is 33.6 Å². The van der Waals surface area contributed by atoms with Crippen molar-refractivity contribution in [1.29, 1.82) is 0 Å². The third-order valence-electron chi connectivity index (χ3n) is 9.55. The Bertz CT molecular complexity index is 1300. The van der Waals surface area contributed by atoms with E-state index in [1.54, 1.807) is 18.9 Å². The van der Waals surface area contributed by atoms with Crippen molar-refractivity contribution in [2.24, 2.45) is 23.5 Å². The van der Waals surface area contributed by atoms with Gasteiger partial charge in [0.05, 0.1) is 0 Å². The second-order valence-corrected chi connectivity index (χ2v) is 15.3. The molecule has 0 heterocycles. The van der Waals surface area contributed by atoms with Gasteiger partial charge in [0, 0.05) is 31.8 Å². The molecule has 5 amide bonds. The summed E-state index contributed by atoms with van der Waals surface area (Å²) in [6.45, 7) is 8.43. The third-order valence-corrected chi connectivity index (χ3v) is 9.55. The van der Waals surface area contributed by atoms with Crippen LogP contribution in [0.1, 0.15) is 111 Å². The zero-order valence-corrected chi connectivity index (χ0v) is 34.5. The molecule has 19 heteroatoms. The molecule has 57 heavy (non-hydrogen) atoms. The standard InChI is InChI=1S/C37H65B2N7O8.CH2O2/c1-23(2)42-29(19-31(38)48)37(54)44-28(11-6-8-16-40)35(52)45-30(20-32(39)49)36(53)43-25(4)10-7-9-17-41-34(51)27-14-12-26(13-15-27)21-46(5)33(50)18-24(3)22-47;2-1-3/h22-30,42,48-49H,6-21,40H2,1-5H3,(H,41,51)(H,43,53)(H,44,54)(H,45,52);1H,(H,2,3). The SMILES string of the molecule is O=CO.[B]=C(O)CC(NC(=O)C(CCCCN)NC(=O)C(CC(=[B])O)NC(C)C)C(=O)NC(C)CCCCNC(=O)C1CCC(CN(C)C(=O)CC(C)C=O)CC1. The fraction of sp³-hybridized carbons (Fsp3) is 0.763. The molecule has 17 nitrogen and oxygen atoms in total. The van der Waals surface area contributed by atoms with Gasteiger partial charge in [-0.25, -0.2) is 0 Å². The van der Waals surface area contributed by atoms with Crippen LogP contribution in [0.25, 0.3) is 0 Å². The summed E-state index contributed by atoms with van der Waals surface area (Å²) in [6.07, 6.45) is 7.06. The number of aliphatic hydroxyl groups excluding tert-OH is 2. The maximum atomic E-state index is 13.4. The number of aliphatic hydroxyl groups is 2. The smallest absolute Gasteiger partial charge is 0.345 e. The molecule has 2 radical (unpaired) electrons. The Labute approximate surface area is 339 Å². The first kappa shape index (κ1) is 52.9. The monoisotopic (exact) mass is 804 g/mol. The number of hydrogen-bond acceptors (Lipinski definition) is 11. The van der Waals surface area contributed by atoms with Crippen molar-refractivity contribution < 1.29 is 48.9 Å². The predicted octanol–water partition coefficient (Wildman–Crippen LogP) is -0.444. The number of nitrogens with zero attached hydrogens (tertiary/aromatic N) is 1. The average molecular weight is 804 g/mol. The van der Waals surface area contributed by atoms with E-state index in [1.165, 1.54) is 0 Å². The van der Waals surface area contributed by atoms with Crippen LogP contribution in [0.2, 0.25) is 0 Å². The fourth-order valence-electron chi connectivity index (χ4n) is 6.49. The van der Waals surface area contributed by atoms with Crippen LogP contribution in [0.15, 0.2) is 0 Å². The molecule has 0 aromatic carbocycles. The molecule has 0 spiro atoms. The Hall–Kier alpha value is -4.12. The average Bonchev–Trinajstić information content (AvgIpc) is 3.13. The molecule has 0 aliphatic heterocycles. The first-order chi connectivity index (χ1) is 26.9. The van der Waals surface area contributed by atoms with Crippen LogP contribution in [-0.4, -0.2) is 146 Å².